The van der Waals surface area contributed by atoms with Gasteiger partial charge in [0.15, 0.2) is 11.9 Å². The second kappa shape index (κ2) is 12.4. The molecule has 0 spiro atoms. The maximum atomic E-state index is 12.8. The van der Waals surface area contributed by atoms with Gasteiger partial charge in [-0.3, -0.25) is 9.59 Å². The molecule has 2 aromatic rings. The molecular formula is C24H30N2O6. The van der Waals surface area contributed by atoms with E-state index in [0.717, 1.165) is 11.1 Å². The smallest absolute Gasteiger partial charge is 0.254 e. The van der Waals surface area contributed by atoms with E-state index in [9.17, 15) is 19.8 Å². The lowest BCUT2D eigenvalue weighted by Crippen LogP contribution is -2.55. The first-order chi connectivity index (χ1) is 15.6. The number of ketones is 1. The minimum Gasteiger partial charge on any atom is -0.387 e. The van der Waals surface area contributed by atoms with E-state index >= 15 is 0 Å². The van der Waals surface area contributed by atoms with E-state index in [1.807, 2.05) is 60.7 Å². The number of carbonyl (C=O) groups excluding carboxylic acids is 2. The number of piperazine rings is 1. The van der Waals surface area contributed by atoms with Gasteiger partial charge in [-0.25, -0.2) is 0 Å². The van der Waals surface area contributed by atoms with Gasteiger partial charge in [0.1, 0.15) is 18.8 Å². The Bertz CT molecular complexity index is 842. The predicted molar refractivity (Wildman–Crippen MR) is 118 cm³/mol. The Hall–Kier alpha value is -2.62. The van der Waals surface area contributed by atoms with Gasteiger partial charge < -0.3 is 29.9 Å². The van der Waals surface area contributed by atoms with Gasteiger partial charge in [0.2, 0.25) is 0 Å². The summed E-state index contributed by atoms with van der Waals surface area (Å²) in [7, 11) is 0. The molecule has 1 amide bonds. The summed E-state index contributed by atoms with van der Waals surface area (Å²) >= 11 is 0. The first-order valence-electron chi connectivity index (χ1n) is 10.7. The first kappa shape index (κ1) is 24.0. The first-order valence-corrected chi connectivity index (χ1v) is 10.7. The maximum Gasteiger partial charge on any atom is 0.254 e. The third-order valence-corrected chi connectivity index (χ3v) is 5.26. The van der Waals surface area contributed by atoms with Crippen molar-refractivity contribution < 1.29 is 29.3 Å². The van der Waals surface area contributed by atoms with Crippen molar-refractivity contribution in [2.45, 2.75) is 31.5 Å². The zero-order valence-electron chi connectivity index (χ0n) is 17.9. The number of nitrogens with one attached hydrogen (secondary N) is 1. The Morgan fingerprint density at radius 2 is 1.47 bits per heavy atom. The highest BCUT2D eigenvalue weighted by molar-refractivity contribution is 5.87. The van der Waals surface area contributed by atoms with E-state index in [4.69, 9.17) is 9.47 Å². The Balaban J connectivity index is 1.63. The fourth-order valence-electron chi connectivity index (χ4n) is 3.45. The molecule has 3 atom stereocenters. The molecule has 0 radical (unpaired) electrons. The van der Waals surface area contributed by atoms with Crippen molar-refractivity contribution in [3.63, 3.8) is 0 Å². The number of hydrogen-bond donors (Lipinski definition) is 3. The van der Waals surface area contributed by atoms with Crippen LogP contribution in [-0.4, -0.2) is 77.9 Å². The van der Waals surface area contributed by atoms with E-state index in [0.29, 0.717) is 26.2 Å². The second-order valence-corrected chi connectivity index (χ2v) is 7.67. The van der Waals surface area contributed by atoms with Gasteiger partial charge in [0.25, 0.3) is 5.91 Å². The molecule has 32 heavy (non-hydrogen) atoms. The van der Waals surface area contributed by atoms with Gasteiger partial charge in [0, 0.05) is 26.2 Å². The number of aliphatic hydroxyl groups excluding tert-OH is 2. The zero-order valence-corrected chi connectivity index (χ0v) is 17.9. The number of amides is 1. The largest absolute Gasteiger partial charge is 0.387 e. The van der Waals surface area contributed by atoms with E-state index in [2.05, 4.69) is 5.32 Å². The van der Waals surface area contributed by atoms with Gasteiger partial charge in [-0.05, 0) is 11.1 Å². The lowest BCUT2D eigenvalue weighted by atomic mass is 10.0. The molecule has 1 saturated heterocycles. The number of ether oxygens (including phenoxy) is 2. The highest BCUT2D eigenvalue weighted by Crippen LogP contribution is 2.14. The Labute approximate surface area is 187 Å². The van der Waals surface area contributed by atoms with Gasteiger partial charge >= 0.3 is 0 Å². The Kier molecular flexibility index (Phi) is 9.33. The third kappa shape index (κ3) is 6.94. The molecular weight excluding hydrogens is 412 g/mol. The van der Waals surface area contributed by atoms with Gasteiger partial charge in [-0.1, -0.05) is 60.7 Å². The summed E-state index contributed by atoms with van der Waals surface area (Å²) in [5, 5.41) is 24.4. The molecule has 2 aromatic carbocycles. The minimum absolute atomic E-state index is 0.0432. The molecule has 3 rings (SSSR count). The van der Waals surface area contributed by atoms with Crippen LogP contribution in [0.3, 0.4) is 0 Å². The van der Waals surface area contributed by atoms with Crippen molar-refractivity contribution in [2.75, 3.05) is 32.8 Å². The lowest BCUT2D eigenvalue weighted by molar-refractivity contribution is -0.163. The molecule has 0 aromatic heterocycles. The normalized spacial score (nSPS) is 16.9. The van der Waals surface area contributed by atoms with Crippen LogP contribution in [0.5, 0.6) is 0 Å². The van der Waals surface area contributed by atoms with Crippen LogP contribution in [0.25, 0.3) is 0 Å². The summed E-state index contributed by atoms with van der Waals surface area (Å²) in [6.45, 7) is 2.00. The molecule has 8 heteroatoms. The Morgan fingerprint density at radius 1 is 0.906 bits per heavy atom. The molecule has 0 bridgehead atoms. The summed E-state index contributed by atoms with van der Waals surface area (Å²) in [5.41, 5.74) is 1.70. The van der Waals surface area contributed by atoms with Crippen LogP contribution >= 0.6 is 0 Å². The van der Waals surface area contributed by atoms with Gasteiger partial charge in [-0.15, -0.1) is 0 Å². The van der Waals surface area contributed by atoms with E-state index in [-0.39, 0.29) is 19.8 Å². The summed E-state index contributed by atoms with van der Waals surface area (Å²) in [6.07, 6.45) is -4.89. The second-order valence-electron chi connectivity index (χ2n) is 7.67. The molecule has 0 unspecified atom stereocenters. The van der Waals surface area contributed by atoms with Crippen molar-refractivity contribution >= 4 is 11.7 Å². The van der Waals surface area contributed by atoms with E-state index in [1.54, 1.807) is 0 Å². The highest BCUT2D eigenvalue weighted by Gasteiger charge is 2.38. The van der Waals surface area contributed by atoms with Crippen molar-refractivity contribution in [1.82, 2.24) is 10.2 Å². The predicted octanol–water partition coefficient (Wildman–Crippen LogP) is 0.511. The fraction of sp³-hybridized carbons (Fsp3) is 0.417. The number of hydrogen-bond acceptors (Lipinski definition) is 7. The quantitative estimate of drug-likeness (QED) is 0.465. The van der Waals surface area contributed by atoms with Gasteiger partial charge in [-0.2, -0.15) is 0 Å². The van der Waals surface area contributed by atoms with Crippen molar-refractivity contribution in [2.24, 2.45) is 0 Å². The van der Waals surface area contributed by atoms with E-state index in [1.165, 1.54) is 4.90 Å². The summed E-state index contributed by atoms with van der Waals surface area (Å²) in [5.74, 6) is -1.16. The van der Waals surface area contributed by atoms with Crippen LogP contribution in [0.2, 0.25) is 0 Å². The van der Waals surface area contributed by atoms with Crippen molar-refractivity contribution in [3.8, 4) is 0 Å². The van der Waals surface area contributed by atoms with Crippen molar-refractivity contribution in [1.29, 1.82) is 0 Å². The monoisotopic (exact) mass is 442 g/mol. The molecule has 3 N–H and O–H groups in total. The number of nitrogens with zero attached hydrogens (tertiary/aromatic N) is 1. The van der Waals surface area contributed by atoms with Crippen LogP contribution in [0.15, 0.2) is 60.7 Å². The SMILES string of the molecule is O=C(COCc1ccccc1)[C@@H](OCc1ccccc1)[C@H](O)[C@@H](O)C(=O)N1CCNCC1. The maximum absolute atomic E-state index is 12.8. The molecule has 1 aliphatic heterocycles. The molecule has 8 nitrogen and oxygen atoms in total. The minimum atomic E-state index is -1.77. The van der Waals surface area contributed by atoms with Crippen LogP contribution in [-0.2, 0) is 32.3 Å². The number of rotatable bonds is 11. The number of carbonyl (C=O) groups is 2. The molecule has 0 saturated carbocycles. The van der Waals surface area contributed by atoms with Crippen molar-refractivity contribution in [3.05, 3.63) is 71.8 Å². The summed E-state index contributed by atoms with van der Waals surface area (Å²) in [6, 6.07) is 18.5. The number of Topliss-reactive ketones (excluding diaryl/α,β-unsaturated/α-hetero) is 1. The topological polar surface area (TPSA) is 108 Å². The van der Waals surface area contributed by atoms with Crippen LogP contribution in [0, 0.1) is 0 Å². The molecule has 0 aliphatic carbocycles. The Morgan fingerprint density at radius 3 is 2.06 bits per heavy atom. The third-order valence-electron chi connectivity index (χ3n) is 5.26. The number of benzene rings is 2. The number of aliphatic hydroxyl groups is 2. The fourth-order valence-corrected chi connectivity index (χ4v) is 3.45. The van der Waals surface area contributed by atoms with Crippen LogP contribution in [0.1, 0.15) is 11.1 Å². The summed E-state index contributed by atoms with van der Waals surface area (Å²) in [4.78, 5) is 26.9. The van der Waals surface area contributed by atoms with Crippen LogP contribution < -0.4 is 5.32 Å². The summed E-state index contributed by atoms with van der Waals surface area (Å²) < 4.78 is 11.2. The molecule has 1 heterocycles. The van der Waals surface area contributed by atoms with Gasteiger partial charge in [0.05, 0.1) is 13.2 Å². The average molecular weight is 443 g/mol. The molecule has 172 valence electrons. The molecule has 1 aliphatic rings. The standard InChI is InChI=1S/C24H30N2O6/c27-20(17-31-15-18-7-3-1-4-8-18)23(32-16-19-9-5-2-6-10-19)21(28)22(29)24(30)26-13-11-25-12-14-26/h1-10,21-23,25,28-29H,11-17H2/t21-,22-,23-/m1/s1. The lowest BCUT2D eigenvalue weighted by Gasteiger charge is -2.32. The highest BCUT2D eigenvalue weighted by atomic mass is 16.5. The molecule has 1 fully saturated rings. The van der Waals surface area contributed by atoms with Crippen LogP contribution in [0.4, 0.5) is 0 Å². The zero-order chi connectivity index (χ0) is 22.8. The average Bonchev–Trinajstić information content (AvgIpc) is 2.85. The van der Waals surface area contributed by atoms with E-state index < -0.39 is 30.0 Å².